The van der Waals surface area contributed by atoms with Crippen LogP contribution in [0.5, 0.6) is 5.75 Å². The molecule has 1 fully saturated rings. The van der Waals surface area contributed by atoms with Gasteiger partial charge in [0, 0.05) is 13.6 Å². The molecule has 0 saturated carbocycles. The molecule has 0 amide bonds. The van der Waals surface area contributed by atoms with Crippen LogP contribution in [-0.4, -0.2) is 33.8 Å². The molecule has 1 saturated heterocycles. The van der Waals surface area contributed by atoms with E-state index < -0.39 is 0 Å². The molecule has 3 nitrogen and oxygen atoms in total. The van der Waals surface area contributed by atoms with E-state index in [0.29, 0.717) is 0 Å². The molecule has 0 aliphatic carbocycles. The van der Waals surface area contributed by atoms with Crippen LogP contribution in [0.4, 0.5) is 5.69 Å². The van der Waals surface area contributed by atoms with Crippen LogP contribution in [0.15, 0.2) is 12.1 Å². The Morgan fingerprint density at radius 1 is 1.39 bits per heavy atom. The molecule has 1 aliphatic heterocycles. The Kier molecular flexibility index (Phi) is 4.12. The average Bonchev–Trinajstić information content (AvgIpc) is 2.80. The number of nitrogens with zero attached hydrogens (tertiary/aromatic N) is 1. The van der Waals surface area contributed by atoms with E-state index >= 15 is 0 Å². The van der Waals surface area contributed by atoms with E-state index in [9.17, 15) is 0 Å². The molecule has 0 aromatic heterocycles. The van der Waals surface area contributed by atoms with Gasteiger partial charge in [-0.05, 0) is 56.5 Å². The van der Waals surface area contributed by atoms with Crippen LogP contribution in [0, 0.1) is 19.8 Å². The maximum Gasteiger partial charge on any atom is 0.145 e. The van der Waals surface area contributed by atoms with Crippen molar-refractivity contribution >= 4 is 5.69 Å². The molecule has 18 heavy (non-hydrogen) atoms. The van der Waals surface area contributed by atoms with E-state index in [-0.39, 0.29) is 0 Å². The number of methoxy groups -OCH3 is 1. The highest BCUT2D eigenvalue weighted by atomic mass is 16.5. The average molecular weight is 248 g/mol. The number of rotatable bonds is 4. The van der Waals surface area contributed by atoms with Crippen LogP contribution in [0.25, 0.3) is 0 Å². The Bertz CT molecular complexity index is 411. The second-order valence-electron chi connectivity index (χ2n) is 5.37. The van der Waals surface area contributed by atoms with E-state index in [1.807, 2.05) is 0 Å². The van der Waals surface area contributed by atoms with Crippen LogP contribution >= 0.6 is 0 Å². The van der Waals surface area contributed by atoms with E-state index in [0.717, 1.165) is 31.3 Å². The number of nitrogens with one attached hydrogen (secondary N) is 1. The summed E-state index contributed by atoms with van der Waals surface area (Å²) >= 11 is 0. The Morgan fingerprint density at radius 2 is 2.17 bits per heavy atom. The molecule has 0 spiro atoms. The Morgan fingerprint density at radius 3 is 2.78 bits per heavy atom. The molecule has 1 unspecified atom stereocenters. The van der Waals surface area contributed by atoms with Gasteiger partial charge in [-0.3, -0.25) is 0 Å². The van der Waals surface area contributed by atoms with Gasteiger partial charge >= 0.3 is 0 Å². The highest BCUT2D eigenvalue weighted by Crippen LogP contribution is 2.33. The lowest BCUT2D eigenvalue weighted by atomic mass is 10.1. The predicted molar refractivity (Wildman–Crippen MR) is 76.7 cm³/mol. The van der Waals surface area contributed by atoms with Gasteiger partial charge in [0.15, 0.2) is 0 Å². The van der Waals surface area contributed by atoms with Crippen LogP contribution < -0.4 is 15.0 Å². The fourth-order valence-electron chi connectivity index (χ4n) is 2.84. The maximum absolute atomic E-state index is 5.56. The first-order chi connectivity index (χ1) is 8.61. The molecule has 1 heterocycles. The third-order valence-corrected chi connectivity index (χ3v) is 3.71. The fraction of sp³-hybridized carbons (Fsp3) is 0.600. The second kappa shape index (κ2) is 5.61. The van der Waals surface area contributed by atoms with E-state index in [1.54, 1.807) is 7.11 Å². The summed E-state index contributed by atoms with van der Waals surface area (Å²) in [6.45, 7) is 7.63. The summed E-state index contributed by atoms with van der Waals surface area (Å²) in [6.07, 6.45) is 1.28. The summed E-state index contributed by atoms with van der Waals surface area (Å²) < 4.78 is 5.56. The molecule has 2 rings (SSSR count). The van der Waals surface area contributed by atoms with Crippen molar-refractivity contribution in [3.63, 3.8) is 0 Å². The zero-order valence-corrected chi connectivity index (χ0v) is 11.9. The minimum atomic E-state index is 0.750. The SMILES string of the molecule is COc1c(C)cc(C)cc1N(C)CC1CCNC1. The van der Waals surface area contributed by atoms with Crippen LogP contribution in [0.2, 0.25) is 0 Å². The van der Waals surface area contributed by atoms with Gasteiger partial charge in [-0.1, -0.05) is 6.07 Å². The summed E-state index contributed by atoms with van der Waals surface area (Å²) in [6, 6.07) is 4.39. The van der Waals surface area contributed by atoms with Gasteiger partial charge in [-0.25, -0.2) is 0 Å². The van der Waals surface area contributed by atoms with Crippen molar-refractivity contribution in [2.24, 2.45) is 5.92 Å². The monoisotopic (exact) mass is 248 g/mol. The quantitative estimate of drug-likeness (QED) is 0.885. The maximum atomic E-state index is 5.56. The van der Waals surface area contributed by atoms with Gasteiger partial charge in [0.05, 0.1) is 12.8 Å². The smallest absolute Gasteiger partial charge is 0.145 e. The van der Waals surface area contributed by atoms with Gasteiger partial charge in [0.25, 0.3) is 0 Å². The topological polar surface area (TPSA) is 24.5 Å². The number of hydrogen-bond acceptors (Lipinski definition) is 3. The molecular formula is C15H24N2O. The van der Waals surface area contributed by atoms with Crippen molar-refractivity contribution in [2.45, 2.75) is 20.3 Å². The molecule has 1 atom stereocenters. The molecule has 1 N–H and O–H groups in total. The lowest BCUT2D eigenvalue weighted by Crippen LogP contribution is -2.27. The van der Waals surface area contributed by atoms with Crippen LogP contribution in [0.1, 0.15) is 17.5 Å². The van der Waals surface area contributed by atoms with Crippen molar-refractivity contribution in [3.8, 4) is 5.75 Å². The molecule has 3 heteroatoms. The third-order valence-electron chi connectivity index (χ3n) is 3.71. The molecular weight excluding hydrogens is 224 g/mol. The van der Waals surface area contributed by atoms with Gasteiger partial charge in [0.1, 0.15) is 5.75 Å². The molecule has 100 valence electrons. The number of benzene rings is 1. The summed E-state index contributed by atoms with van der Waals surface area (Å²) in [7, 11) is 3.92. The van der Waals surface area contributed by atoms with Crippen molar-refractivity contribution in [1.29, 1.82) is 0 Å². The zero-order valence-electron chi connectivity index (χ0n) is 11.9. The summed E-state index contributed by atoms with van der Waals surface area (Å²) in [5, 5.41) is 3.42. The minimum absolute atomic E-state index is 0.750. The lowest BCUT2D eigenvalue weighted by Gasteiger charge is -2.26. The van der Waals surface area contributed by atoms with Crippen molar-refractivity contribution < 1.29 is 4.74 Å². The summed E-state index contributed by atoms with van der Waals surface area (Å²) in [4.78, 5) is 2.33. The highest BCUT2D eigenvalue weighted by molar-refractivity contribution is 5.63. The van der Waals surface area contributed by atoms with Crippen LogP contribution in [0.3, 0.4) is 0 Å². The largest absolute Gasteiger partial charge is 0.494 e. The van der Waals surface area contributed by atoms with Crippen molar-refractivity contribution in [3.05, 3.63) is 23.3 Å². The Hall–Kier alpha value is -1.22. The lowest BCUT2D eigenvalue weighted by molar-refractivity contribution is 0.410. The van der Waals surface area contributed by atoms with Gasteiger partial charge in [-0.2, -0.15) is 0 Å². The molecule has 0 radical (unpaired) electrons. The standard InChI is InChI=1S/C15H24N2O/c1-11-7-12(2)15(18-4)14(8-11)17(3)10-13-5-6-16-9-13/h7-8,13,16H,5-6,9-10H2,1-4H3. The second-order valence-corrected chi connectivity index (χ2v) is 5.37. The van der Waals surface area contributed by atoms with Crippen LogP contribution in [-0.2, 0) is 0 Å². The third kappa shape index (κ3) is 2.78. The molecule has 1 aromatic rings. The number of ether oxygens (including phenoxy) is 1. The first-order valence-corrected chi connectivity index (χ1v) is 6.69. The summed E-state index contributed by atoms with van der Waals surface area (Å²) in [5.74, 6) is 1.76. The summed E-state index contributed by atoms with van der Waals surface area (Å²) in [5.41, 5.74) is 3.71. The Balaban J connectivity index is 2.19. The number of hydrogen-bond donors (Lipinski definition) is 1. The number of anilines is 1. The molecule has 1 aromatic carbocycles. The minimum Gasteiger partial charge on any atom is -0.494 e. The van der Waals surface area contributed by atoms with Crippen molar-refractivity contribution in [2.75, 3.05) is 38.7 Å². The zero-order chi connectivity index (χ0) is 13.1. The fourth-order valence-corrected chi connectivity index (χ4v) is 2.84. The van der Waals surface area contributed by atoms with Crippen molar-refractivity contribution in [1.82, 2.24) is 5.32 Å². The van der Waals surface area contributed by atoms with Gasteiger partial charge in [-0.15, -0.1) is 0 Å². The normalized spacial score (nSPS) is 19.0. The first-order valence-electron chi connectivity index (χ1n) is 6.69. The van der Waals surface area contributed by atoms with E-state index in [1.165, 1.54) is 23.2 Å². The van der Waals surface area contributed by atoms with Gasteiger partial charge in [0.2, 0.25) is 0 Å². The molecule has 0 bridgehead atoms. The molecule has 1 aliphatic rings. The van der Waals surface area contributed by atoms with E-state index in [2.05, 4.69) is 43.2 Å². The highest BCUT2D eigenvalue weighted by Gasteiger charge is 2.19. The Labute approximate surface area is 110 Å². The first kappa shape index (κ1) is 13.2. The van der Waals surface area contributed by atoms with Gasteiger partial charge < -0.3 is 15.0 Å². The number of aryl methyl sites for hydroxylation is 2. The van der Waals surface area contributed by atoms with E-state index in [4.69, 9.17) is 4.74 Å². The predicted octanol–water partition coefficient (Wildman–Crippen LogP) is 2.36.